The molecule has 0 saturated heterocycles. The molecule has 2 aromatic rings. The van der Waals surface area contributed by atoms with E-state index in [1.54, 1.807) is 36.2 Å². The predicted molar refractivity (Wildman–Crippen MR) is 111 cm³/mol. The van der Waals surface area contributed by atoms with Gasteiger partial charge in [-0.2, -0.15) is 0 Å². The number of amides is 2. The molecule has 1 aliphatic carbocycles. The summed E-state index contributed by atoms with van der Waals surface area (Å²) in [5.74, 6) is -0.773. The Morgan fingerprint density at radius 1 is 1.21 bits per heavy atom. The Hall–Kier alpha value is -2.61. The zero-order valence-electron chi connectivity index (χ0n) is 16.2. The van der Waals surface area contributed by atoms with E-state index in [1.165, 1.54) is 30.4 Å². The Morgan fingerprint density at radius 2 is 1.79 bits per heavy atom. The van der Waals surface area contributed by atoms with Gasteiger partial charge in [-0.15, -0.1) is 0 Å². The number of hydrogen-bond donors (Lipinski definition) is 1. The fourth-order valence-corrected chi connectivity index (χ4v) is 3.45. The topological polar surface area (TPSA) is 82.8 Å². The van der Waals surface area contributed by atoms with Gasteiger partial charge in [-0.1, -0.05) is 15.9 Å². The van der Waals surface area contributed by atoms with Crippen molar-refractivity contribution in [3.8, 4) is 5.75 Å². The first-order valence-corrected chi connectivity index (χ1v) is 9.70. The van der Waals surface area contributed by atoms with Gasteiger partial charge in [0.2, 0.25) is 0 Å². The number of pyridine rings is 1. The van der Waals surface area contributed by atoms with Crippen LogP contribution in [0.5, 0.6) is 5.75 Å². The maximum atomic E-state index is 13.4. The average Bonchev–Trinajstić information content (AvgIpc) is 3.49. The third kappa shape index (κ3) is 3.44. The number of rotatable bonds is 4. The Morgan fingerprint density at radius 3 is 2.29 bits per heavy atom. The first kappa shape index (κ1) is 20.1. The Kier molecular flexibility index (Phi) is 5.34. The Balaban J connectivity index is 2.32. The number of urea groups is 1. The molecule has 2 amide bonds. The van der Waals surface area contributed by atoms with Crippen molar-refractivity contribution in [2.45, 2.75) is 32.7 Å². The van der Waals surface area contributed by atoms with Crippen molar-refractivity contribution in [1.82, 2.24) is 9.47 Å². The number of carbonyl (C=O) groups excluding carboxylic acids is 2. The zero-order valence-corrected chi connectivity index (χ0v) is 17.8. The van der Waals surface area contributed by atoms with Crippen LogP contribution in [-0.2, 0) is 7.05 Å². The molecule has 0 radical (unpaired) electrons. The summed E-state index contributed by atoms with van der Waals surface area (Å²) in [6.07, 6.45) is 1.82. The fourth-order valence-electron chi connectivity index (χ4n) is 3.19. The van der Waals surface area contributed by atoms with E-state index in [2.05, 4.69) is 15.9 Å². The van der Waals surface area contributed by atoms with Crippen LogP contribution in [0.1, 0.15) is 35.7 Å². The van der Waals surface area contributed by atoms with Gasteiger partial charge < -0.3 is 10.0 Å². The van der Waals surface area contributed by atoms with E-state index < -0.39 is 17.1 Å². The van der Waals surface area contributed by atoms with Crippen molar-refractivity contribution in [3.63, 3.8) is 0 Å². The second-order valence-corrected chi connectivity index (χ2v) is 7.94. The molecule has 1 saturated carbocycles. The van der Waals surface area contributed by atoms with Crippen LogP contribution in [0.15, 0.2) is 33.5 Å². The second-order valence-electron chi connectivity index (χ2n) is 7.03. The quantitative estimate of drug-likeness (QED) is 0.723. The summed E-state index contributed by atoms with van der Waals surface area (Å²) in [6.45, 7) is 2.76. The first-order valence-electron chi connectivity index (χ1n) is 8.91. The molecule has 8 heteroatoms. The third-order valence-corrected chi connectivity index (χ3v) is 5.52. The van der Waals surface area contributed by atoms with Crippen molar-refractivity contribution < 1.29 is 14.7 Å². The average molecular weight is 448 g/mol. The summed E-state index contributed by atoms with van der Waals surface area (Å²) in [7, 11) is 3.19. The number of nitrogens with zero attached hydrogens (tertiary/aromatic N) is 3. The molecule has 3 rings (SSSR count). The van der Waals surface area contributed by atoms with Crippen LogP contribution in [0.25, 0.3) is 0 Å². The number of benzene rings is 1. The van der Waals surface area contributed by atoms with E-state index in [0.29, 0.717) is 5.69 Å². The van der Waals surface area contributed by atoms with Crippen molar-refractivity contribution in [2.24, 2.45) is 7.05 Å². The molecule has 1 aliphatic rings. The minimum absolute atomic E-state index is 0.0555. The van der Waals surface area contributed by atoms with Crippen LogP contribution in [0.3, 0.4) is 0 Å². The first-order chi connectivity index (χ1) is 13.1. The van der Waals surface area contributed by atoms with Crippen LogP contribution in [0, 0.1) is 6.92 Å². The summed E-state index contributed by atoms with van der Waals surface area (Å²) in [6, 6.07) is 6.73. The van der Waals surface area contributed by atoms with E-state index in [0.717, 1.165) is 17.3 Å². The molecule has 1 aromatic carbocycles. The summed E-state index contributed by atoms with van der Waals surface area (Å²) >= 11 is 3.37. The second kappa shape index (κ2) is 7.43. The lowest BCUT2D eigenvalue weighted by molar-refractivity contribution is 0.101. The number of anilines is 2. The molecule has 7 nitrogen and oxygen atoms in total. The summed E-state index contributed by atoms with van der Waals surface area (Å²) in [5, 5.41) is 10.5. The number of halogens is 1. The van der Waals surface area contributed by atoms with Gasteiger partial charge in [0.15, 0.2) is 5.78 Å². The number of hydrogen-bond acceptors (Lipinski definition) is 4. The molecule has 0 bridgehead atoms. The van der Waals surface area contributed by atoms with Crippen LogP contribution in [0.2, 0.25) is 0 Å². The van der Waals surface area contributed by atoms with E-state index in [-0.39, 0.29) is 29.0 Å². The SMILES string of the molecule is CC(=O)c1c(O)c(C)c(=O)n(C)c1N(C(=O)N(C)C1CC1)c1ccc(Br)cc1. The van der Waals surface area contributed by atoms with E-state index in [9.17, 15) is 19.5 Å². The van der Waals surface area contributed by atoms with Gasteiger partial charge in [0, 0.05) is 24.6 Å². The largest absolute Gasteiger partial charge is 0.507 e. The van der Waals surface area contributed by atoms with E-state index in [1.807, 2.05) is 0 Å². The molecular formula is C20H22BrN3O4. The van der Waals surface area contributed by atoms with Gasteiger partial charge in [-0.25, -0.2) is 9.69 Å². The lowest BCUT2D eigenvalue weighted by Gasteiger charge is -2.31. The molecule has 0 aliphatic heterocycles. The molecular weight excluding hydrogens is 426 g/mol. The van der Waals surface area contributed by atoms with Crippen molar-refractivity contribution in [2.75, 3.05) is 11.9 Å². The minimum Gasteiger partial charge on any atom is -0.507 e. The molecule has 148 valence electrons. The predicted octanol–water partition coefficient (Wildman–Crippen LogP) is 3.72. The third-order valence-electron chi connectivity index (χ3n) is 5.00. The molecule has 0 spiro atoms. The van der Waals surface area contributed by atoms with Gasteiger partial charge in [-0.3, -0.25) is 14.2 Å². The van der Waals surface area contributed by atoms with Crippen LogP contribution in [0.4, 0.5) is 16.3 Å². The van der Waals surface area contributed by atoms with Crippen molar-refractivity contribution in [3.05, 3.63) is 50.2 Å². The fraction of sp³-hybridized carbons (Fsp3) is 0.350. The zero-order chi connectivity index (χ0) is 20.7. The van der Waals surface area contributed by atoms with Crippen LogP contribution in [-0.4, -0.2) is 39.5 Å². The monoisotopic (exact) mass is 447 g/mol. The van der Waals surface area contributed by atoms with Gasteiger partial charge in [0.1, 0.15) is 17.1 Å². The molecule has 1 heterocycles. The van der Waals surface area contributed by atoms with Gasteiger partial charge >= 0.3 is 6.03 Å². The summed E-state index contributed by atoms with van der Waals surface area (Å²) in [4.78, 5) is 41.3. The lowest BCUT2D eigenvalue weighted by atomic mass is 10.1. The highest BCUT2D eigenvalue weighted by molar-refractivity contribution is 9.10. The van der Waals surface area contributed by atoms with Gasteiger partial charge in [0.05, 0.1) is 11.3 Å². The van der Waals surface area contributed by atoms with Gasteiger partial charge in [0.25, 0.3) is 5.56 Å². The maximum Gasteiger partial charge on any atom is 0.330 e. The highest BCUT2D eigenvalue weighted by Gasteiger charge is 2.36. The molecule has 1 N–H and O–H groups in total. The number of Topliss-reactive ketones (excluding diaryl/α,β-unsaturated/α-hetero) is 1. The number of aromatic hydroxyl groups is 1. The highest BCUT2D eigenvalue weighted by atomic mass is 79.9. The van der Waals surface area contributed by atoms with Crippen molar-refractivity contribution >= 4 is 39.2 Å². The molecule has 1 fully saturated rings. The molecule has 0 atom stereocenters. The van der Waals surface area contributed by atoms with E-state index in [4.69, 9.17) is 0 Å². The van der Waals surface area contributed by atoms with E-state index >= 15 is 0 Å². The Labute approximate surface area is 171 Å². The normalized spacial score (nSPS) is 13.3. The standard InChI is InChI=1S/C20H22BrN3O4/c1-11-17(26)16(12(2)25)18(23(4)19(11)27)24(15-7-5-13(21)6-8-15)20(28)22(3)14-9-10-14/h5-8,14,26H,9-10H2,1-4H3. The smallest absolute Gasteiger partial charge is 0.330 e. The summed E-state index contributed by atoms with van der Waals surface area (Å²) < 4.78 is 2.07. The maximum absolute atomic E-state index is 13.4. The highest BCUT2D eigenvalue weighted by Crippen LogP contribution is 2.36. The van der Waals surface area contributed by atoms with Crippen LogP contribution >= 0.6 is 15.9 Å². The number of aromatic nitrogens is 1. The molecule has 1 aromatic heterocycles. The molecule has 28 heavy (non-hydrogen) atoms. The summed E-state index contributed by atoms with van der Waals surface area (Å²) in [5.41, 5.74) is 0.0261. The Bertz CT molecular complexity index is 1010. The molecule has 0 unspecified atom stereocenters. The number of ketones is 1. The van der Waals surface area contributed by atoms with Crippen molar-refractivity contribution in [1.29, 1.82) is 0 Å². The minimum atomic E-state index is -0.471. The van der Waals surface area contributed by atoms with Gasteiger partial charge in [-0.05, 0) is 51.0 Å². The lowest BCUT2D eigenvalue weighted by Crippen LogP contribution is -2.42. The number of carbonyl (C=O) groups is 2. The van der Waals surface area contributed by atoms with Crippen LogP contribution < -0.4 is 10.5 Å².